The predicted molar refractivity (Wildman–Crippen MR) is 107 cm³/mol. The minimum absolute atomic E-state index is 0.0518. The van der Waals surface area contributed by atoms with Crippen LogP contribution in [0.15, 0.2) is 29.3 Å². The summed E-state index contributed by atoms with van der Waals surface area (Å²) in [7, 11) is 3.29. The molecule has 1 aromatic rings. The molecule has 3 N–H and O–H groups in total. The van der Waals surface area contributed by atoms with Crippen LogP contribution in [0, 0.1) is 5.41 Å². The summed E-state index contributed by atoms with van der Waals surface area (Å²) >= 11 is 0. The van der Waals surface area contributed by atoms with E-state index in [1.54, 1.807) is 14.1 Å². The number of likely N-dealkylation sites (tertiary alicyclic amines) is 1. The molecule has 0 bridgehead atoms. The number of amides is 1. The third kappa shape index (κ3) is 6.62. The van der Waals surface area contributed by atoms with Crippen LogP contribution in [0.25, 0.3) is 0 Å². The molecule has 1 aromatic carbocycles. The smallest absolute Gasteiger partial charge is 0.359 e. The summed E-state index contributed by atoms with van der Waals surface area (Å²) in [4.78, 5) is 18.3. The molecule has 0 radical (unpaired) electrons. The Hall–Kier alpha value is -2.29. The molecule has 1 saturated heterocycles. The van der Waals surface area contributed by atoms with Crippen molar-refractivity contribution in [3.05, 3.63) is 35.4 Å². The first kappa shape index (κ1) is 23.0. The first-order chi connectivity index (χ1) is 13.5. The third-order valence-electron chi connectivity index (χ3n) is 5.06. The van der Waals surface area contributed by atoms with E-state index in [0.29, 0.717) is 19.0 Å². The van der Waals surface area contributed by atoms with E-state index in [2.05, 4.69) is 25.8 Å². The Balaban J connectivity index is 1.83. The highest BCUT2D eigenvalue weighted by Gasteiger charge is 2.30. The second-order valence-corrected chi connectivity index (χ2v) is 7.95. The first-order valence-electron chi connectivity index (χ1n) is 9.63. The molecule has 1 aliphatic heterocycles. The van der Waals surface area contributed by atoms with E-state index in [0.717, 1.165) is 37.2 Å². The average molecular weight is 413 g/mol. The van der Waals surface area contributed by atoms with Crippen LogP contribution in [0.4, 0.5) is 13.2 Å². The van der Waals surface area contributed by atoms with Crippen LogP contribution < -0.4 is 16.0 Å². The maximum atomic E-state index is 12.7. The number of nitrogens with one attached hydrogen (secondary N) is 3. The van der Waals surface area contributed by atoms with Crippen molar-refractivity contribution >= 4 is 11.9 Å². The van der Waals surface area contributed by atoms with Crippen molar-refractivity contribution in [3.63, 3.8) is 0 Å². The summed E-state index contributed by atoms with van der Waals surface area (Å²) < 4.78 is 38.0. The lowest BCUT2D eigenvalue weighted by molar-refractivity contribution is -0.137. The Bertz CT molecular complexity index is 716. The second-order valence-electron chi connectivity index (χ2n) is 7.95. The molecule has 0 aromatic heterocycles. The molecular formula is C20H30F3N5O. The van der Waals surface area contributed by atoms with E-state index < -0.39 is 17.2 Å². The minimum Gasteiger partial charge on any atom is -0.359 e. The number of hydrogen-bond donors (Lipinski definition) is 3. The molecule has 0 aliphatic carbocycles. The molecule has 1 unspecified atom stereocenters. The summed E-state index contributed by atoms with van der Waals surface area (Å²) in [6, 6.07) is 5.50. The van der Waals surface area contributed by atoms with Crippen LogP contribution in [0.2, 0.25) is 0 Å². The van der Waals surface area contributed by atoms with Gasteiger partial charge in [0.2, 0.25) is 5.91 Å². The van der Waals surface area contributed by atoms with Crippen molar-refractivity contribution in [3.8, 4) is 0 Å². The maximum Gasteiger partial charge on any atom is 0.416 e. The fourth-order valence-corrected chi connectivity index (χ4v) is 3.26. The Labute approximate surface area is 169 Å². The highest BCUT2D eigenvalue weighted by atomic mass is 19.4. The van der Waals surface area contributed by atoms with Crippen molar-refractivity contribution in [2.24, 2.45) is 10.4 Å². The van der Waals surface area contributed by atoms with E-state index in [-0.39, 0.29) is 11.9 Å². The van der Waals surface area contributed by atoms with Crippen LogP contribution in [0.3, 0.4) is 0 Å². The highest BCUT2D eigenvalue weighted by molar-refractivity contribution is 5.84. The quantitative estimate of drug-likeness (QED) is 0.494. The summed E-state index contributed by atoms with van der Waals surface area (Å²) in [6.07, 6.45) is -3.41. The number of guanidine groups is 1. The number of hydrogen-bond acceptors (Lipinski definition) is 3. The fraction of sp³-hybridized carbons (Fsp3) is 0.600. The van der Waals surface area contributed by atoms with Crippen LogP contribution in [-0.2, 0) is 17.5 Å². The molecule has 29 heavy (non-hydrogen) atoms. The summed E-state index contributed by atoms with van der Waals surface area (Å²) in [5, 5.41) is 9.20. The molecule has 0 saturated carbocycles. The molecule has 1 atom stereocenters. The number of nitrogens with zero attached hydrogens (tertiary/aromatic N) is 2. The normalized spacial score (nSPS) is 18.6. The molecule has 1 aliphatic rings. The van der Waals surface area contributed by atoms with Crippen LogP contribution in [0.1, 0.15) is 31.4 Å². The Morgan fingerprint density at radius 2 is 1.90 bits per heavy atom. The Kier molecular flexibility index (Phi) is 7.51. The van der Waals surface area contributed by atoms with Gasteiger partial charge < -0.3 is 16.0 Å². The summed E-state index contributed by atoms with van der Waals surface area (Å²) in [5.74, 6) is 0.576. The maximum absolute atomic E-state index is 12.7. The molecule has 9 heteroatoms. The topological polar surface area (TPSA) is 68.8 Å². The molecule has 0 spiro atoms. The van der Waals surface area contributed by atoms with Crippen molar-refractivity contribution in [1.29, 1.82) is 0 Å². The summed E-state index contributed by atoms with van der Waals surface area (Å²) in [5.41, 5.74) is -0.346. The zero-order valence-corrected chi connectivity index (χ0v) is 17.4. The number of carbonyl (C=O) groups excluding carboxylic acids is 1. The van der Waals surface area contributed by atoms with Crippen LogP contribution >= 0.6 is 0 Å². The number of alkyl halides is 3. The monoisotopic (exact) mass is 413 g/mol. The number of benzene rings is 1. The number of rotatable bonds is 6. The van der Waals surface area contributed by atoms with Gasteiger partial charge in [0.25, 0.3) is 0 Å². The Morgan fingerprint density at radius 1 is 1.24 bits per heavy atom. The highest BCUT2D eigenvalue weighted by Crippen LogP contribution is 2.29. The molecule has 2 rings (SSSR count). The van der Waals surface area contributed by atoms with Crippen LogP contribution in [-0.4, -0.2) is 56.5 Å². The zero-order chi connectivity index (χ0) is 21.7. The van der Waals surface area contributed by atoms with Crippen molar-refractivity contribution in [1.82, 2.24) is 20.9 Å². The lowest BCUT2D eigenvalue weighted by Crippen LogP contribution is -2.49. The van der Waals surface area contributed by atoms with Gasteiger partial charge in [-0.05, 0) is 38.0 Å². The van der Waals surface area contributed by atoms with Crippen molar-refractivity contribution < 1.29 is 18.0 Å². The fourth-order valence-electron chi connectivity index (χ4n) is 3.26. The Morgan fingerprint density at radius 3 is 2.45 bits per heavy atom. The molecule has 1 amide bonds. The van der Waals surface area contributed by atoms with Gasteiger partial charge in [0.05, 0.1) is 11.0 Å². The number of aliphatic imine (C=N–C) groups is 1. The van der Waals surface area contributed by atoms with Gasteiger partial charge in [0.15, 0.2) is 5.96 Å². The molecule has 1 heterocycles. The molecule has 162 valence electrons. The van der Waals surface area contributed by atoms with E-state index in [1.165, 1.54) is 12.1 Å². The summed E-state index contributed by atoms with van der Waals surface area (Å²) in [6.45, 7) is 6.36. The first-order valence-corrected chi connectivity index (χ1v) is 9.63. The van der Waals surface area contributed by atoms with Gasteiger partial charge >= 0.3 is 6.18 Å². The van der Waals surface area contributed by atoms with E-state index in [4.69, 9.17) is 0 Å². The predicted octanol–water partition coefficient (Wildman–Crippen LogP) is 2.22. The van der Waals surface area contributed by atoms with Crippen LogP contribution in [0.5, 0.6) is 0 Å². The number of halogens is 3. The zero-order valence-electron chi connectivity index (χ0n) is 17.4. The van der Waals surface area contributed by atoms with Crippen molar-refractivity contribution in [2.75, 3.05) is 33.7 Å². The largest absolute Gasteiger partial charge is 0.416 e. The third-order valence-corrected chi connectivity index (χ3v) is 5.06. The molecular weight excluding hydrogens is 383 g/mol. The van der Waals surface area contributed by atoms with Gasteiger partial charge in [-0.25, -0.2) is 0 Å². The SMILES string of the molecule is CN=C(NCC(C)(C)C(=O)NC)NC1CCN(Cc2ccc(C(F)(F)F)cc2)C1. The lowest BCUT2D eigenvalue weighted by atomic mass is 9.92. The van der Waals surface area contributed by atoms with E-state index >= 15 is 0 Å². The number of carbonyl (C=O) groups is 1. The van der Waals surface area contributed by atoms with Gasteiger partial charge in [-0.15, -0.1) is 0 Å². The standard InChI is InChI=1S/C20H30F3N5O/c1-19(2,17(29)24-3)13-26-18(25-4)27-16-9-10-28(12-16)11-14-5-7-15(8-6-14)20(21,22)23/h5-8,16H,9-13H2,1-4H3,(H,24,29)(H2,25,26,27). The minimum atomic E-state index is -4.31. The average Bonchev–Trinajstić information content (AvgIpc) is 3.10. The second kappa shape index (κ2) is 9.47. The van der Waals surface area contributed by atoms with E-state index in [1.807, 2.05) is 13.8 Å². The van der Waals surface area contributed by atoms with Gasteiger partial charge in [0, 0.05) is 46.3 Å². The van der Waals surface area contributed by atoms with Gasteiger partial charge in [-0.2, -0.15) is 13.2 Å². The van der Waals surface area contributed by atoms with Gasteiger partial charge in [0.1, 0.15) is 0 Å². The van der Waals surface area contributed by atoms with Gasteiger partial charge in [-0.1, -0.05) is 12.1 Å². The molecule has 1 fully saturated rings. The van der Waals surface area contributed by atoms with Crippen molar-refractivity contribution in [2.45, 2.75) is 39.0 Å². The molecule has 6 nitrogen and oxygen atoms in total. The van der Waals surface area contributed by atoms with E-state index in [9.17, 15) is 18.0 Å². The van der Waals surface area contributed by atoms with Gasteiger partial charge in [-0.3, -0.25) is 14.7 Å². The lowest BCUT2D eigenvalue weighted by Gasteiger charge is -2.25.